The molecule has 110 valence electrons. The molecule has 0 heterocycles. The summed E-state index contributed by atoms with van der Waals surface area (Å²) in [6.07, 6.45) is 8.96. The van der Waals surface area contributed by atoms with Crippen LogP contribution in [0.2, 0.25) is 0 Å². The first-order chi connectivity index (χ1) is 8.92. The van der Waals surface area contributed by atoms with E-state index in [2.05, 4.69) is 26.1 Å². The Bertz CT molecular complexity index is 301. The zero-order chi connectivity index (χ0) is 13.7. The molecule has 19 heavy (non-hydrogen) atoms. The fourth-order valence-electron chi connectivity index (χ4n) is 5.41. The van der Waals surface area contributed by atoms with E-state index in [-0.39, 0.29) is 12.0 Å². The van der Waals surface area contributed by atoms with Crippen molar-refractivity contribution in [1.82, 2.24) is 5.32 Å². The summed E-state index contributed by atoms with van der Waals surface area (Å²) in [5.74, 6) is 3.09. The van der Waals surface area contributed by atoms with E-state index in [0.29, 0.717) is 11.5 Å². The Balaban J connectivity index is 1.64. The predicted octanol–water partition coefficient (Wildman–Crippen LogP) is 3.20. The molecule has 1 unspecified atom stereocenters. The number of aliphatic hydroxyl groups excluding tert-OH is 1. The van der Waals surface area contributed by atoms with Gasteiger partial charge in [0.15, 0.2) is 0 Å². The van der Waals surface area contributed by atoms with Crippen molar-refractivity contribution >= 4 is 0 Å². The summed E-state index contributed by atoms with van der Waals surface area (Å²) >= 11 is 0. The van der Waals surface area contributed by atoms with Gasteiger partial charge in [0.25, 0.3) is 0 Å². The summed E-state index contributed by atoms with van der Waals surface area (Å²) < 4.78 is 0. The minimum atomic E-state index is 0.0105. The van der Waals surface area contributed by atoms with Gasteiger partial charge in [-0.1, -0.05) is 13.8 Å². The molecule has 0 aromatic heterocycles. The summed E-state index contributed by atoms with van der Waals surface area (Å²) in [4.78, 5) is 0. The van der Waals surface area contributed by atoms with Crippen LogP contribution in [0.25, 0.3) is 0 Å². The SMILES string of the molecule is CC(NCC(C)(C)CO)C12CC3CC(CC(C3)C1)C2. The van der Waals surface area contributed by atoms with Crippen LogP contribution in [0.4, 0.5) is 0 Å². The second-order valence-electron chi connectivity index (χ2n) is 8.70. The fourth-order valence-corrected chi connectivity index (χ4v) is 5.41. The Morgan fingerprint density at radius 2 is 1.58 bits per heavy atom. The molecular weight excluding hydrogens is 234 g/mol. The Morgan fingerprint density at radius 1 is 1.11 bits per heavy atom. The third-order valence-electron chi connectivity index (χ3n) is 6.32. The quantitative estimate of drug-likeness (QED) is 0.800. The van der Waals surface area contributed by atoms with Gasteiger partial charge in [-0.15, -0.1) is 0 Å². The van der Waals surface area contributed by atoms with Crippen LogP contribution < -0.4 is 5.32 Å². The first-order valence-corrected chi connectivity index (χ1v) is 8.27. The van der Waals surface area contributed by atoms with E-state index in [9.17, 15) is 5.11 Å². The maximum absolute atomic E-state index is 9.40. The highest BCUT2D eigenvalue weighted by atomic mass is 16.3. The molecule has 0 radical (unpaired) electrons. The molecule has 0 amide bonds. The van der Waals surface area contributed by atoms with E-state index in [4.69, 9.17) is 0 Å². The van der Waals surface area contributed by atoms with Crippen molar-refractivity contribution in [2.24, 2.45) is 28.6 Å². The Hall–Kier alpha value is -0.0800. The van der Waals surface area contributed by atoms with E-state index in [0.717, 1.165) is 24.3 Å². The van der Waals surface area contributed by atoms with E-state index >= 15 is 0 Å². The second-order valence-corrected chi connectivity index (χ2v) is 8.70. The lowest BCUT2D eigenvalue weighted by Crippen LogP contribution is -2.56. The number of aliphatic hydroxyl groups is 1. The van der Waals surface area contributed by atoms with E-state index in [1.54, 1.807) is 0 Å². The minimum absolute atomic E-state index is 0.0105. The molecule has 0 aliphatic heterocycles. The van der Waals surface area contributed by atoms with Gasteiger partial charge >= 0.3 is 0 Å². The largest absolute Gasteiger partial charge is 0.396 e. The lowest BCUT2D eigenvalue weighted by molar-refractivity contribution is -0.0719. The second kappa shape index (κ2) is 4.73. The van der Waals surface area contributed by atoms with Crippen molar-refractivity contribution in [3.63, 3.8) is 0 Å². The molecule has 2 N–H and O–H groups in total. The zero-order valence-corrected chi connectivity index (χ0v) is 12.9. The molecule has 2 heteroatoms. The van der Waals surface area contributed by atoms with Crippen LogP contribution in [0.3, 0.4) is 0 Å². The highest BCUT2D eigenvalue weighted by Gasteiger charge is 2.53. The van der Waals surface area contributed by atoms with Crippen molar-refractivity contribution in [2.75, 3.05) is 13.2 Å². The van der Waals surface area contributed by atoms with Crippen molar-refractivity contribution in [3.8, 4) is 0 Å². The van der Waals surface area contributed by atoms with Crippen LogP contribution >= 0.6 is 0 Å². The van der Waals surface area contributed by atoms with Crippen LogP contribution in [0.5, 0.6) is 0 Å². The van der Waals surface area contributed by atoms with E-state index in [1.807, 2.05) is 0 Å². The van der Waals surface area contributed by atoms with Crippen molar-refractivity contribution in [3.05, 3.63) is 0 Å². The molecule has 2 nitrogen and oxygen atoms in total. The van der Waals surface area contributed by atoms with Crippen LogP contribution in [-0.4, -0.2) is 24.3 Å². The minimum Gasteiger partial charge on any atom is -0.396 e. The van der Waals surface area contributed by atoms with Gasteiger partial charge in [-0.2, -0.15) is 0 Å². The Kier molecular flexibility index (Phi) is 3.46. The molecule has 4 aliphatic rings. The molecule has 4 aliphatic carbocycles. The average molecular weight is 265 g/mol. The van der Waals surface area contributed by atoms with Crippen molar-refractivity contribution in [2.45, 2.75) is 65.3 Å². The summed E-state index contributed by atoms with van der Waals surface area (Å²) in [6, 6.07) is 0.617. The Morgan fingerprint density at radius 3 is 2.00 bits per heavy atom. The van der Waals surface area contributed by atoms with Crippen LogP contribution in [-0.2, 0) is 0 Å². The van der Waals surface area contributed by atoms with Gasteiger partial charge in [-0.3, -0.25) is 0 Å². The number of rotatable bonds is 5. The maximum Gasteiger partial charge on any atom is 0.0494 e. The topological polar surface area (TPSA) is 32.3 Å². The Labute approximate surface area is 118 Å². The number of hydrogen-bond acceptors (Lipinski definition) is 2. The van der Waals surface area contributed by atoms with Crippen molar-refractivity contribution in [1.29, 1.82) is 0 Å². The van der Waals surface area contributed by atoms with Crippen molar-refractivity contribution < 1.29 is 5.11 Å². The lowest BCUT2D eigenvalue weighted by Gasteiger charge is -2.59. The fraction of sp³-hybridized carbons (Fsp3) is 1.00. The van der Waals surface area contributed by atoms with Gasteiger partial charge in [-0.05, 0) is 68.6 Å². The first-order valence-electron chi connectivity index (χ1n) is 8.27. The predicted molar refractivity (Wildman–Crippen MR) is 78.9 cm³/mol. The summed E-state index contributed by atoms with van der Waals surface area (Å²) in [6.45, 7) is 7.90. The molecule has 0 saturated heterocycles. The molecule has 0 aromatic rings. The number of hydrogen-bond donors (Lipinski definition) is 2. The third kappa shape index (κ3) is 2.58. The average Bonchev–Trinajstić information content (AvgIpc) is 2.34. The van der Waals surface area contributed by atoms with Crippen LogP contribution in [0, 0.1) is 28.6 Å². The maximum atomic E-state index is 9.40. The van der Waals surface area contributed by atoms with Gasteiger partial charge in [0.2, 0.25) is 0 Å². The highest BCUT2D eigenvalue weighted by Crippen LogP contribution is 2.61. The van der Waals surface area contributed by atoms with E-state index < -0.39 is 0 Å². The van der Waals surface area contributed by atoms with Crippen LogP contribution in [0.1, 0.15) is 59.3 Å². The molecule has 4 saturated carbocycles. The molecule has 4 rings (SSSR count). The smallest absolute Gasteiger partial charge is 0.0494 e. The standard InChI is InChI=1S/C17H31NO/c1-12(18-10-16(2,3)11-19)17-7-13-4-14(8-17)6-15(5-13)9-17/h12-15,18-19H,4-11H2,1-3H3. The van der Waals surface area contributed by atoms with Gasteiger partial charge in [0.05, 0.1) is 0 Å². The highest BCUT2D eigenvalue weighted by molar-refractivity contribution is 5.05. The molecule has 0 aromatic carbocycles. The monoisotopic (exact) mass is 265 g/mol. The first kappa shape index (κ1) is 13.9. The van der Waals surface area contributed by atoms with Gasteiger partial charge in [0.1, 0.15) is 0 Å². The van der Waals surface area contributed by atoms with Gasteiger partial charge < -0.3 is 10.4 Å². The lowest BCUT2D eigenvalue weighted by atomic mass is 9.48. The third-order valence-corrected chi connectivity index (χ3v) is 6.32. The zero-order valence-electron chi connectivity index (χ0n) is 12.9. The summed E-state index contributed by atoms with van der Waals surface area (Å²) in [5.41, 5.74) is 0.594. The molecular formula is C17H31NO. The number of nitrogens with one attached hydrogen (secondary N) is 1. The van der Waals surface area contributed by atoms with Gasteiger partial charge in [-0.25, -0.2) is 0 Å². The van der Waals surface area contributed by atoms with Crippen LogP contribution in [0.15, 0.2) is 0 Å². The van der Waals surface area contributed by atoms with E-state index in [1.165, 1.54) is 38.5 Å². The normalized spacial score (nSPS) is 42.6. The molecule has 4 fully saturated rings. The van der Waals surface area contributed by atoms with Gasteiger partial charge in [0, 0.05) is 24.6 Å². The summed E-state index contributed by atoms with van der Waals surface area (Å²) in [5, 5.41) is 13.2. The molecule has 4 bridgehead atoms. The molecule has 0 spiro atoms. The molecule has 1 atom stereocenters. The summed E-state index contributed by atoms with van der Waals surface area (Å²) in [7, 11) is 0.